The van der Waals surface area contributed by atoms with Crippen molar-refractivity contribution in [1.29, 1.82) is 0 Å². The van der Waals surface area contributed by atoms with Gasteiger partial charge in [0.1, 0.15) is 0 Å². The predicted octanol–water partition coefficient (Wildman–Crippen LogP) is 1.24. The molecule has 0 radical (unpaired) electrons. The average molecular weight is 457 g/mol. The Bertz CT molecular complexity index is 644. The number of unbranched alkanes of at least 4 members (excludes halogenated alkanes) is 3. The van der Waals surface area contributed by atoms with Crippen LogP contribution in [0.25, 0.3) is 0 Å². The van der Waals surface area contributed by atoms with E-state index in [0.29, 0.717) is 36.5 Å². The minimum absolute atomic E-state index is 0.00491. The first kappa shape index (κ1) is 25.0. The molecule has 10 nitrogen and oxygen atoms in total. The lowest BCUT2D eigenvalue weighted by atomic mass is 10.2. The van der Waals surface area contributed by atoms with E-state index in [9.17, 15) is 24.0 Å². The number of nitrogens with one attached hydrogen (secondary N) is 3. The number of hydrogen-bond acceptors (Lipinski definition) is 7. The highest BCUT2D eigenvalue weighted by molar-refractivity contribution is 7.99. The molecule has 31 heavy (non-hydrogen) atoms. The molecule has 11 heteroatoms. The minimum Gasteiger partial charge on any atom is -0.356 e. The third-order valence-corrected chi connectivity index (χ3v) is 6.24. The van der Waals surface area contributed by atoms with E-state index in [1.165, 1.54) is 0 Å². The number of fused-ring (bicyclic) bond motifs is 1. The Morgan fingerprint density at radius 2 is 1.65 bits per heavy atom. The largest absolute Gasteiger partial charge is 0.356 e. The number of nitrogens with zero attached hydrogens (tertiary/aromatic N) is 1. The molecule has 3 N–H and O–H groups in total. The highest BCUT2D eigenvalue weighted by atomic mass is 32.2. The quantitative estimate of drug-likeness (QED) is 0.256. The summed E-state index contributed by atoms with van der Waals surface area (Å²) in [5.41, 5.74) is 0. The molecule has 5 amide bonds. The third-order valence-electron chi connectivity index (χ3n) is 5.05. The average Bonchev–Trinajstić information content (AvgIpc) is 3.40. The normalized spacial score (nSPS) is 21.7. The molecular weight excluding hydrogens is 424 g/mol. The maximum absolute atomic E-state index is 11.5. The Hall–Kier alpha value is -2.30. The van der Waals surface area contributed by atoms with Crippen molar-refractivity contribution in [2.75, 3.05) is 18.1 Å². The van der Waals surface area contributed by atoms with Crippen molar-refractivity contribution in [1.82, 2.24) is 21.0 Å². The van der Waals surface area contributed by atoms with E-state index in [0.717, 1.165) is 37.2 Å². The molecule has 3 fully saturated rings. The van der Waals surface area contributed by atoms with Crippen LogP contribution >= 0.6 is 11.8 Å². The number of urea groups is 1. The van der Waals surface area contributed by atoms with Crippen molar-refractivity contribution >= 4 is 41.5 Å². The monoisotopic (exact) mass is 456 g/mol. The maximum Gasteiger partial charge on any atom is 0.333 e. The first-order valence-electron chi connectivity index (χ1n) is 10.9. The van der Waals surface area contributed by atoms with Gasteiger partial charge in [-0.1, -0.05) is 19.8 Å². The third kappa shape index (κ3) is 8.76. The highest BCUT2D eigenvalue weighted by Crippen LogP contribution is 2.20. The number of hydrogen-bond donors (Lipinski definition) is 3. The molecule has 2 unspecified atom stereocenters. The zero-order valence-electron chi connectivity index (χ0n) is 17.9. The summed E-state index contributed by atoms with van der Waals surface area (Å²) in [7, 11) is 0. The van der Waals surface area contributed by atoms with Gasteiger partial charge in [0.05, 0.1) is 12.1 Å². The number of hydroxylamine groups is 2. The van der Waals surface area contributed by atoms with Crippen LogP contribution in [0.1, 0.15) is 64.7 Å². The van der Waals surface area contributed by atoms with Gasteiger partial charge in [-0.2, -0.15) is 11.8 Å². The van der Waals surface area contributed by atoms with Crippen LogP contribution in [0.3, 0.4) is 0 Å². The van der Waals surface area contributed by atoms with Crippen LogP contribution in [-0.4, -0.2) is 64.9 Å². The molecule has 0 aromatic rings. The molecule has 0 saturated carbocycles. The fourth-order valence-corrected chi connectivity index (χ4v) is 4.52. The Kier molecular flexibility index (Phi) is 10.6. The van der Waals surface area contributed by atoms with Crippen molar-refractivity contribution in [3.63, 3.8) is 0 Å². The molecule has 0 aliphatic carbocycles. The van der Waals surface area contributed by atoms with E-state index in [2.05, 4.69) is 16.0 Å². The number of imide groups is 1. The van der Waals surface area contributed by atoms with E-state index < -0.39 is 17.8 Å². The summed E-state index contributed by atoms with van der Waals surface area (Å²) in [6.07, 6.45) is 4.95. The van der Waals surface area contributed by atoms with E-state index >= 15 is 0 Å². The van der Waals surface area contributed by atoms with Crippen molar-refractivity contribution in [3.05, 3.63) is 0 Å². The molecule has 3 heterocycles. The second-order valence-corrected chi connectivity index (χ2v) is 8.75. The summed E-state index contributed by atoms with van der Waals surface area (Å²) in [6.45, 7) is 2.64. The first-order chi connectivity index (χ1) is 14.9. The lowest BCUT2D eigenvalue weighted by molar-refractivity contribution is -0.197. The van der Waals surface area contributed by atoms with Crippen LogP contribution in [-0.2, 0) is 24.0 Å². The van der Waals surface area contributed by atoms with Crippen molar-refractivity contribution in [2.24, 2.45) is 0 Å². The summed E-state index contributed by atoms with van der Waals surface area (Å²) >= 11 is 1.89. The fourth-order valence-electron chi connectivity index (χ4n) is 3.25. The van der Waals surface area contributed by atoms with E-state index in [1.54, 1.807) is 0 Å². The zero-order valence-corrected chi connectivity index (χ0v) is 18.8. The number of amides is 5. The summed E-state index contributed by atoms with van der Waals surface area (Å²) in [6, 6.07) is 0.815. The van der Waals surface area contributed by atoms with Crippen molar-refractivity contribution in [2.45, 2.75) is 76.8 Å². The molecule has 3 rings (SSSR count). The van der Waals surface area contributed by atoms with E-state index in [4.69, 9.17) is 4.84 Å². The van der Waals surface area contributed by atoms with Crippen LogP contribution in [0.15, 0.2) is 0 Å². The van der Waals surface area contributed by atoms with Crippen LogP contribution < -0.4 is 16.0 Å². The second kappa shape index (κ2) is 13.2. The molecule has 0 bridgehead atoms. The zero-order chi connectivity index (χ0) is 22.6. The van der Waals surface area contributed by atoms with Crippen molar-refractivity contribution < 1.29 is 28.8 Å². The van der Waals surface area contributed by atoms with E-state index in [1.807, 2.05) is 18.7 Å². The molecule has 174 valence electrons. The van der Waals surface area contributed by atoms with Crippen molar-refractivity contribution in [3.8, 4) is 0 Å². The number of carbonyl (C=O) groups excluding carboxylic acids is 5. The molecule has 0 aromatic heterocycles. The predicted molar refractivity (Wildman–Crippen MR) is 115 cm³/mol. The number of carbonyl (C=O) groups is 5. The van der Waals surface area contributed by atoms with Gasteiger partial charge < -0.3 is 20.8 Å². The molecule has 0 spiro atoms. The highest BCUT2D eigenvalue weighted by Gasteiger charge is 2.35. The summed E-state index contributed by atoms with van der Waals surface area (Å²) in [4.78, 5) is 60.8. The van der Waals surface area contributed by atoms with Gasteiger partial charge in [0.25, 0.3) is 11.8 Å². The molecule has 0 aromatic carbocycles. The SMILES string of the molecule is CCCCC(=O)NCCCCCC(=O)ON1C(=O)CCC1=O.O=C1NC2CSCC2N1. The lowest BCUT2D eigenvalue weighted by Crippen LogP contribution is -2.31. The van der Waals surface area contributed by atoms with Crippen LogP contribution in [0.2, 0.25) is 0 Å². The second-order valence-electron chi connectivity index (χ2n) is 7.68. The Morgan fingerprint density at radius 1 is 1.00 bits per heavy atom. The Morgan fingerprint density at radius 3 is 2.26 bits per heavy atom. The number of thioether (sulfide) groups is 1. The lowest BCUT2D eigenvalue weighted by Gasteiger charge is -2.12. The van der Waals surface area contributed by atoms with E-state index in [-0.39, 0.29) is 31.2 Å². The molecular formula is C20H32N4O6S. The number of rotatable bonds is 10. The van der Waals surface area contributed by atoms with Gasteiger partial charge in [0, 0.05) is 43.7 Å². The van der Waals surface area contributed by atoms with Gasteiger partial charge in [0.15, 0.2) is 0 Å². The first-order valence-corrected chi connectivity index (χ1v) is 12.0. The molecule has 3 aliphatic rings. The van der Waals surface area contributed by atoms with Gasteiger partial charge in [-0.05, 0) is 19.3 Å². The fraction of sp³-hybridized carbons (Fsp3) is 0.750. The van der Waals surface area contributed by atoms with Crippen LogP contribution in [0.5, 0.6) is 0 Å². The Balaban J connectivity index is 0.000000309. The van der Waals surface area contributed by atoms with Gasteiger partial charge in [-0.3, -0.25) is 14.4 Å². The Labute approximate surface area is 186 Å². The molecule has 2 atom stereocenters. The summed E-state index contributed by atoms with van der Waals surface area (Å²) in [5.74, 6) is 0.705. The van der Waals surface area contributed by atoms with Gasteiger partial charge in [0.2, 0.25) is 5.91 Å². The van der Waals surface area contributed by atoms with Gasteiger partial charge in [-0.25, -0.2) is 9.59 Å². The van der Waals surface area contributed by atoms with Crippen LogP contribution in [0, 0.1) is 0 Å². The van der Waals surface area contributed by atoms with Crippen LogP contribution in [0.4, 0.5) is 4.79 Å². The van der Waals surface area contributed by atoms with Gasteiger partial charge >= 0.3 is 12.0 Å². The topological polar surface area (TPSA) is 134 Å². The minimum atomic E-state index is -0.574. The maximum atomic E-state index is 11.5. The summed E-state index contributed by atoms with van der Waals surface area (Å²) < 4.78 is 0. The molecule has 3 saturated heterocycles. The molecule has 3 aliphatic heterocycles. The standard InChI is InChI=1S/C15H24N2O5.C5H8N2OS/c1-2-3-7-12(18)16-11-6-4-5-8-15(21)22-17-13(19)9-10-14(17)20;8-5-6-3-1-9-2-4(3)7-5/h2-11H2,1H3,(H,16,18);3-4H,1-2H2,(H2,6,7,8). The summed E-state index contributed by atoms with van der Waals surface area (Å²) in [5, 5.41) is 9.08. The smallest absolute Gasteiger partial charge is 0.333 e. The van der Waals surface area contributed by atoms with Gasteiger partial charge in [-0.15, -0.1) is 5.06 Å².